The molecule has 1 N–H and O–H groups in total. The van der Waals surface area contributed by atoms with Crippen molar-refractivity contribution in [2.75, 3.05) is 13.7 Å². The van der Waals surface area contributed by atoms with Crippen LogP contribution in [-0.2, 0) is 17.8 Å². The number of nitrogens with zero attached hydrogens (tertiary/aromatic N) is 3. The van der Waals surface area contributed by atoms with Gasteiger partial charge in [-0.25, -0.2) is 9.97 Å². The van der Waals surface area contributed by atoms with Crippen molar-refractivity contribution in [3.05, 3.63) is 74.7 Å². The molecule has 0 saturated heterocycles. The van der Waals surface area contributed by atoms with Crippen LogP contribution >= 0.6 is 22.9 Å². The van der Waals surface area contributed by atoms with Gasteiger partial charge in [0, 0.05) is 22.5 Å². The third-order valence-corrected chi connectivity index (χ3v) is 6.30. The first-order valence-corrected chi connectivity index (χ1v) is 11.8. The maximum atomic E-state index is 13.1. The van der Waals surface area contributed by atoms with Crippen molar-refractivity contribution >= 4 is 39.7 Å². The van der Waals surface area contributed by atoms with E-state index >= 15 is 0 Å². The van der Waals surface area contributed by atoms with E-state index < -0.39 is 0 Å². The van der Waals surface area contributed by atoms with Gasteiger partial charge >= 0.3 is 0 Å². The number of hydrogen-bond acceptors (Lipinski definition) is 6. The number of carbonyl (C=O) groups excluding carboxylic acids is 1. The number of aromatic nitrogens is 3. The van der Waals surface area contributed by atoms with Crippen LogP contribution in [0.4, 0.5) is 0 Å². The first-order chi connectivity index (χ1) is 16.0. The van der Waals surface area contributed by atoms with Crippen LogP contribution in [0.2, 0.25) is 5.02 Å². The molecule has 0 aliphatic carbocycles. The van der Waals surface area contributed by atoms with Gasteiger partial charge in [0.15, 0.2) is 0 Å². The molecule has 4 rings (SSSR count). The molecule has 0 aliphatic rings. The monoisotopic (exact) mass is 482 g/mol. The number of halogens is 1. The lowest BCUT2D eigenvalue weighted by Crippen LogP contribution is -2.34. The number of H-pyrrole nitrogens is 1. The minimum atomic E-state index is -0.251. The van der Waals surface area contributed by atoms with Crippen LogP contribution in [-0.4, -0.2) is 39.4 Å². The van der Waals surface area contributed by atoms with E-state index in [0.29, 0.717) is 34.0 Å². The second-order valence-electron chi connectivity index (χ2n) is 7.54. The number of amides is 1. The molecule has 7 nitrogen and oxygen atoms in total. The number of benzene rings is 2. The quantitative estimate of drug-likeness (QED) is 0.393. The molecule has 9 heteroatoms. The molecular formula is C24H23ClN4O3S. The molecule has 2 aromatic carbocycles. The van der Waals surface area contributed by atoms with Crippen molar-refractivity contribution in [1.29, 1.82) is 0 Å². The maximum absolute atomic E-state index is 13.1. The maximum Gasteiger partial charge on any atom is 0.258 e. The van der Waals surface area contributed by atoms with Crippen LogP contribution in [0.1, 0.15) is 24.9 Å². The van der Waals surface area contributed by atoms with Gasteiger partial charge in [-0.3, -0.25) is 9.59 Å². The predicted octanol–water partition coefficient (Wildman–Crippen LogP) is 4.69. The summed E-state index contributed by atoms with van der Waals surface area (Å²) in [4.78, 5) is 39.1. The zero-order valence-electron chi connectivity index (χ0n) is 18.3. The van der Waals surface area contributed by atoms with E-state index in [1.54, 1.807) is 30.2 Å². The third-order valence-electron chi connectivity index (χ3n) is 5.13. The zero-order valence-corrected chi connectivity index (χ0v) is 19.9. The Morgan fingerprint density at radius 2 is 1.97 bits per heavy atom. The summed E-state index contributed by atoms with van der Waals surface area (Å²) in [7, 11) is 1.63. The molecule has 2 heterocycles. The molecule has 0 radical (unpaired) electrons. The number of fused-ring (bicyclic) bond motifs is 1. The Morgan fingerprint density at radius 3 is 2.70 bits per heavy atom. The van der Waals surface area contributed by atoms with E-state index in [4.69, 9.17) is 16.3 Å². The number of thiazole rings is 1. The van der Waals surface area contributed by atoms with Crippen molar-refractivity contribution in [1.82, 2.24) is 19.9 Å². The second kappa shape index (κ2) is 10.1. The molecule has 170 valence electrons. The molecule has 33 heavy (non-hydrogen) atoms. The fraction of sp³-hybridized carbons (Fsp3) is 0.250. The van der Waals surface area contributed by atoms with Crippen LogP contribution in [0.15, 0.2) is 52.6 Å². The summed E-state index contributed by atoms with van der Waals surface area (Å²) in [6.45, 7) is 2.76. The Morgan fingerprint density at radius 1 is 1.18 bits per heavy atom. The third kappa shape index (κ3) is 5.40. The summed E-state index contributed by atoms with van der Waals surface area (Å²) < 4.78 is 5.20. The topological polar surface area (TPSA) is 88.2 Å². The van der Waals surface area contributed by atoms with Crippen LogP contribution in [0.25, 0.3) is 21.5 Å². The van der Waals surface area contributed by atoms with Crippen molar-refractivity contribution < 1.29 is 9.53 Å². The summed E-state index contributed by atoms with van der Waals surface area (Å²) in [5, 5.41) is 3.72. The van der Waals surface area contributed by atoms with Crippen molar-refractivity contribution in [3.63, 3.8) is 0 Å². The lowest BCUT2D eigenvalue weighted by Gasteiger charge is -2.21. The minimum Gasteiger partial charge on any atom is -0.497 e. The molecular weight excluding hydrogens is 460 g/mol. The van der Waals surface area contributed by atoms with Gasteiger partial charge in [-0.1, -0.05) is 18.5 Å². The summed E-state index contributed by atoms with van der Waals surface area (Å²) in [6, 6.07) is 12.6. The number of carbonyl (C=O) groups is 1. The van der Waals surface area contributed by atoms with Crippen LogP contribution in [0, 0.1) is 0 Å². The predicted molar refractivity (Wildman–Crippen MR) is 131 cm³/mol. The van der Waals surface area contributed by atoms with E-state index in [0.717, 1.165) is 22.7 Å². The number of methoxy groups -OCH3 is 1. The fourth-order valence-electron chi connectivity index (χ4n) is 3.50. The minimum absolute atomic E-state index is 0.0720. The Hall–Kier alpha value is -3.23. The van der Waals surface area contributed by atoms with Gasteiger partial charge in [-0.15, -0.1) is 11.3 Å². The Labute approximate surface area is 200 Å². The smallest absolute Gasteiger partial charge is 0.258 e. The first kappa shape index (κ1) is 22.9. The van der Waals surface area contributed by atoms with Crippen molar-refractivity contribution in [3.8, 4) is 16.3 Å². The average molecular weight is 483 g/mol. The number of rotatable bonds is 8. The lowest BCUT2D eigenvalue weighted by molar-refractivity contribution is -0.131. The van der Waals surface area contributed by atoms with Crippen molar-refractivity contribution in [2.45, 2.75) is 26.3 Å². The van der Waals surface area contributed by atoms with Gasteiger partial charge in [0.05, 0.1) is 36.7 Å². The molecule has 1 amide bonds. The van der Waals surface area contributed by atoms with Gasteiger partial charge in [-0.2, -0.15) is 0 Å². The van der Waals surface area contributed by atoms with E-state index in [1.807, 2.05) is 36.6 Å². The van der Waals surface area contributed by atoms with Gasteiger partial charge in [-0.05, 0) is 48.9 Å². The molecule has 0 aliphatic heterocycles. The molecule has 0 fully saturated rings. The Balaban J connectivity index is 1.50. The van der Waals surface area contributed by atoms with E-state index in [1.165, 1.54) is 11.3 Å². The van der Waals surface area contributed by atoms with E-state index in [9.17, 15) is 9.59 Å². The van der Waals surface area contributed by atoms with Crippen LogP contribution < -0.4 is 10.3 Å². The highest BCUT2D eigenvalue weighted by molar-refractivity contribution is 7.13. The highest BCUT2D eigenvalue weighted by Gasteiger charge is 2.18. The Kier molecular flexibility index (Phi) is 7.05. The van der Waals surface area contributed by atoms with E-state index in [-0.39, 0.29) is 24.4 Å². The Bertz CT molecular complexity index is 1330. The molecule has 0 unspecified atom stereocenters. The molecule has 0 spiro atoms. The summed E-state index contributed by atoms with van der Waals surface area (Å²) in [6.07, 6.45) is 0.958. The molecule has 0 atom stereocenters. The SMILES string of the molecule is CCCN(Cc1nc2cc(Cl)ccc2c(=O)[nH]1)C(=O)Cc1csc(-c2ccc(OC)cc2)n1. The van der Waals surface area contributed by atoms with Gasteiger partial charge in [0.25, 0.3) is 5.56 Å². The summed E-state index contributed by atoms with van der Waals surface area (Å²) in [5.41, 5.74) is 1.94. The fourth-order valence-corrected chi connectivity index (χ4v) is 4.49. The highest BCUT2D eigenvalue weighted by Crippen LogP contribution is 2.26. The molecule has 2 aromatic heterocycles. The first-order valence-electron chi connectivity index (χ1n) is 10.5. The average Bonchev–Trinajstić information content (AvgIpc) is 3.27. The van der Waals surface area contributed by atoms with E-state index in [2.05, 4.69) is 15.0 Å². The standard InChI is InChI=1S/C24H23ClN4O3S/c1-3-10-29(13-21-27-20-11-16(25)6-9-19(20)23(31)28-21)22(30)12-17-14-33-24(26-17)15-4-7-18(32-2)8-5-15/h4-9,11,14H,3,10,12-13H2,1-2H3,(H,27,28,31). The number of hydrogen-bond donors (Lipinski definition) is 1. The molecule has 0 bridgehead atoms. The van der Waals surface area contributed by atoms with Crippen molar-refractivity contribution in [2.24, 2.45) is 0 Å². The normalized spacial score (nSPS) is 11.0. The highest BCUT2D eigenvalue weighted by atomic mass is 35.5. The zero-order chi connectivity index (χ0) is 23.4. The largest absolute Gasteiger partial charge is 0.497 e. The lowest BCUT2D eigenvalue weighted by atomic mass is 10.2. The summed E-state index contributed by atoms with van der Waals surface area (Å²) in [5.74, 6) is 1.13. The van der Waals surface area contributed by atoms with Gasteiger partial charge in [0.1, 0.15) is 16.6 Å². The second-order valence-corrected chi connectivity index (χ2v) is 8.83. The number of aromatic amines is 1. The number of nitrogens with one attached hydrogen (secondary N) is 1. The van der Waals surface area contributed by atoms with Crippen LogP contribution in [0.5, 0.6) is 5.75 Å². The van der Waals surface area contributed by atoms with Gasteiger partial charge in [0.2, 0.25) is 5.91 Å². The van der Waals surface area contributed by atoms with Gasteiger partial charge < -0.3 is 14.6 Å². The summed E-state index contributed by atoms with van der Waals surface area (Å²) >= 11 is 7.55. The van der Waals surface area contributed by atoms with Crippen LogP contribution in [0.3, 0.4) is 0 Å². The molecule has 4 aromatic rings. The number of ether oxygens (including phenoxy) is 1. The molecule has 0 saturated carbocycles.